The predicted octanol–water partition coefficient (Wildman–Crippen LogP) is 5.17. The zero-order valence-corrected chi connectivity index (χ0v) is 17.1. The number of urea groups is 1. The highest BCUT2D eigenvalue weighted by molar-refractivity contribution is 6.14. The highest BCUT2D eigenvalue weighted by Crippen LogP contribution is 2.36. The van der Waals surface area contributed by atoms with E-state index < -0.39 is 12.0 Å². The van der Waals surface area contributed by atoms with Gasteiger partial charge in [0.1, 0.15) is 0 Å². The van der Waals surface area contributed by atoms with Crippen molar-refractivity contribution >= 4 is 39.9 Å². The molecular formula is C26H19N3O3. The van der Waals surface area contributed by atoms with Crippen molar-refractivity contribution in [2.45, 2.75) is 6.42 Å². The van der Waals surface area contributed by atoms with Gasteiger partial charge in [0.05, 0.1) is 22.6 Å². The first kappa shape index (κ1) is 19.5. The molecule has 0 bridgehead atoms. The van der Waals surface area contributed by atoms with Crippen LogP contribution in [0.4, 0.5) is 16.2 Å². The third kappa shape index (κ3) is 3.48. The fraction of sp³-hybridized carbons (Fsp3) is 0.0385. The number of amides is 2. The smallest absolute Gasteiger partial charge is 0.351 e. The number of oxime groups is 1. The zero-order chi connectivity index (χ0) is 22.1. The number of hydrogen-bond donors (Lipinski definition) is 1. The molecule has 5 rings (SSSR count). The van der Waals surface area contributed by atoms with Gasteiger partial charge in [0.2, 0.25) is 0 Å². The van der Waals surface area contributed by atoms with Crippen LogP contribution in [0.2, 0.25) is 0 Å². The molecule has 0 aromatic heterocycles. The molecule has 0 saturated carbocycles. The number of anilines is 2. The Bertz CT molecular complexity index is 1390. The topological polar surface area (TPSA) is 85.0 Å². The van der Waals surface area contributed by atoms with E-state index in [0.29, 0.717) is 34.6 Å². The van der Waals surface area contributed by atoms with Crippen LogP contribution in [0.3, 0.4) is 0 Å². The molecule has 4 aromatic carbocycles. The number of primary amides is 1. The molecule has 0 fully saturated rings. The van der Waals surface area contributed by atoms with Gasteiger partial charge in [-0.3, -0.25) is 4.90 Å². The van der Waals surface area contributed by atoms with Crippen molar-refractivity contribution in [2.24, 2.45) is 10.9 Å². The second-order valence-electron chi connectivity index (χ2n) is 7.47. The van der Waals surface area contributed by atoms with E-state index in [-0.39, 0.29) is 0 Å². The molecule has 0 radical (unpaired) electrons. The van der Waals surface area contributed by atoms with E-state index in [9.17, 15) is 9.59 Å². The molecule has 6 nitrogen and oxygen atoms in total. The number of benzene rings is 4. The average Bonchev–Trinajstić information content (AvgIpc) is 2.96. The van der Waals surface area contributed by atoms with Crippen LogP contribution in [0.25, 0.3) is 10.8 Å². The van der Waals surface area contributed by atoms with Gasteiger partial charge in [-0.1, -0.05) is 71.9 Å². The molecule has 0 saturated heterocycles. The van der Waals surface area contributed by atoms with Crippen molar-refractivity contribution < 1.29 is 14.4 Å². The van der Waals surface area contributed by atoms with E-state index in [1.807, 2.05) is 72.8 Å². The van der Waals surface area contributed by atoms with Crippen molar-refractivity contribution in [2.75, 3.05) is 4.90 Å². The summed E-state index contributed by atoms with van der Waals surface area (Å²) < 4.78 is 0. The number of carbonyl (C=O) groups excluding carboxylic acids is 2. The van der Waals surface area contributed by atoms with Crippen molar-refractivity contribution in [3.8, 4) is 0 Å². The number of hydrogen-bond acceptors (Lipinski definition) is 4. The molecule has 32 heavy (non-hydrogen) atoms. The minimum Gasteiger partial charge on any atom is -0.351 e. The van der Waals surface area contributed by atoms with Gasteiger partial charge in [-0.25, -0.2) is 9.59 Å². The van der Waals surface area contributed by atoms with E-state index in [4.69, 9.17) is 10.6 Å². The van der Waals surface area contributed by atoms with E-state index in [1.165, 1.54) is 4.90 Å². The Morgan fingerprint density at radius 3 is 2.31 bits per heavy atom. The Hall–Kier alpha value is -4.45. The lowest BCUT2D eigenvalue weighted by molar-refractivity contribution is 0.0516. The van der Waals surface area contributed by atoms with Gasteiger partial charge in [-0.05, 0) is 40.6 Å². The van der Waals surface area contributed by atoms with Crippen molar-refractivity contribution in [1.82, 2.24) is 0 Å². The second-order valence-corrected chi connectivity index (χ2v) is 7.47. The van der Waals surface area contributed by atoms with Crippen LogP contribution in [0.5, 0.6) is 0 Å². The average molecular weight is 421 g/mol. The largest absolute Gasteiger partial charge is 0.365 e. The number of nitrogens with zero attached hydrogens (tertiary/aromatic N) is 2. The second kappa shape index (κ2) is 8.00. The summed E-state index contributed by atoms with van der Waals surface area (Å²) in [5, 5.41) is 6.20. The number of rotatable bonds is 2. The van der Waals surface area contributed by atoms with E-state index in [1.54, 1.807) is 18.2 Å². The number of fused-ring (bicyclic) bond motifs is 3. The first-order chi connectivity index (χ1) is 15.6. The van der Waals surface area contributed by atoms with Crippen molar-refractivity contribution in [3.05, 3.63) is 108 Å². The Morgan fingerprint density at radius 1 is 0.812 bits per heavy atom. The van der Waals surface area contributed by atoms with Gasteiger partial charge in [-0.2, -0.15) is 0 Å². The maximum atomic E-state index is 12.7. The molecular weight excluding hydrogens is 402 g/mol. The van der Waals surface area contributed by atoms with E-state index >= 15 is 0 Å². The van der Waals surface area contributed by atoms with E-state index in [0.717, 1.165) is 16.3 Å². The summed E-state index contributed by atoms with van der Waals surface area (Å²) in [6.07, 6.45) is 0.377. The molecule has 1 aliphatic rings. The summed E-state index contributed by atoms with van der Waals surface area (Å²) in [5.41, 5.74) is 9.45. The van der Waals surface area contributed by atoms with Crippen LogP contribution >= 0.6 is 0 Å². The monoisotopic (exact) mass is 421 g/mol. The highest BCUT2D eigenvalue weighted by Gasteiger charge is 2.27. The van der Waals surface area contributed by atoms with Crippen LogP contribution in [0, 0.1) is 0 Å². The molecule has 2 N–H and O–H groups in total. The fourth-order valence-corrected chi connectivity index (χ4v) is 3.98. The third-order valence-electron chi connectivity index (χ3n) is 5.49. The first-order valence-corrected chi connectivity index (χ1v) is 10.2. The lowest BCUT2D eigenvalue weighted by atomic mass is 10.0. The quantitative estimate of drug-likeness (QED) is 0.358. The van der Waals surface area contributed by atoms with Gasteiger partial charge in [-0.15, -0.1) is 0 Å². The molecule has 1 aliphatic heterocycles. The summed E-state index contributed by atoms with van der Waals surface area (Å²) in [4.78, 5) is 31.9. The normalized spacial score (nSPS) is 13.9. The minimum absolute atomic E-state index is 0.377. The first-order valence-electron chi connectivity index (χ1n) is 10.2. The van der Waals surface area contributed by atoms with Gasteiger partial charge in [0, 0.05) is 12.0 Å². The summed E-state index contributed by atoms with van der Waals surface area (Å²) in [6, 6.07) is 27.3. The number of carbonyl (C=O) groups is 2. The minimum atomic E-state index is -0.598. The van der Waals surface area contributed by atoms with E-state index in [2.05, 4.69) is 5.16 Å². The summed E-state index contributed by atoms with van der Waals surface area (Å²) >= 11 is 0. The molecule has 2 amide bonds. The molecule has 4 aromatic rings. The van der Waals surface area contributed by atoms with Crippen molar-refractivity contribution in [1.29, 1.82) is 0 Å². The fourth-order valence-electron chi connectivity index (χ4n) is 3.98. The Balaban J connectivity index is 1.54. The van der Waals surface area contributed by atoms with Crippen LogP contribution < -0.4 is 10.6 Å². The standard InChI is InChI=1S/C26H19N3O3/c27-26(31)29-23-11-5-3-9-19(23)16-22(21-10-4-6-12-24(21)29)28-32-25(30)20-14-13-17-7-1-2-8-18(17)15-20/h1-15H,16H2,(H2,27,31)/b28-22+. The Labute approximate surface area is 184 Å². The van der Waals surface area contributed by atoms with Crippen LogP contribution in [0.1, 0.15) is 21.5 Å². The van der Waals surface area contributed by atoms with Crippen LogP contribution in [-0.2, 0) is 11.3 Å². The molecule has 6 heteroatoms. The summed E-state index contributed by atoms with van der Waals surface area (Å²) in [5.74, 6) is -0.551. The maximum Gasteiger partial charge on any atom is 0.365 e. The maximum absolute atomic E-state index is 12.7. The zero-order valence-electron chi connectivity index (χ0n) is 17.1. The molecule has 1 heterocycles. The molecule has 0 aliphatic carbocycles. The highest BCUT2D eigenvalue weighted by atomic mass is 16.7. The Kier molecular flexibility index (Phi) is 4.88. The third-order valence-corrected chi connectivity index (χ3v) is 5.49. The van der Waals surface area contributed by atoms with Gasteiger partial charge in [0.15, 0.2) is 0 Å². The van der Waals surface area contributed by atoms with Crippen LogP contribution in [-0.4, -0.2) is 17.7 Å². The van der Waals surface area contributed by atoms with Gasteiger partial charge in [0.25, 0.3) is 0 Å². The number of para-hydroxylation sites is 2. The van der Waals surface area contributed by atoms with Crippen molar-refractivity contribution in [3.63, 3.8) is 0 Å². The Morgan fingerprint density at radius 2 is 1.50 bits per heavy atom. The lowest BCUT2D eigenvalue weighted by Crippen LogP contribution is -2.32. The predicted molar refractivity (Wildman–Crippen MR) is 124 cm³/mol. The summed E-state index contributed by atoms with van der Waals surface area (Å²) in [6.45, 7) is 0. The van der Waals surface area contributed by atoms with Crippen LogP contribution in [0.15, 0.2) is 96.2 Å². The number of nitrogens with two attached hydrogens (primary N) is 1. The molecule has 0 spiro atoms. The molecule has 0 atom stereocenters. The molecule has 0 unspecified atom stereocenters. The van der Waals surface area contributed by atoms with Gasteiger partial charge < -0.3 is 10.6 Å². The molecule has 156 valence electrons. The summed E-state index contributed by atoms with van der Waals surface area (Å²) in [7, 11) is 0. The van der Waals surface area contributed by atoms with Gasteiger partial charge >= 0.3 is 12.0 Å². The SMILES string of the molecule is NC(=O)N1c2ccccc2C/C(=N\OC(=O)c2ccc3ccccc3c2)c2ccccc21. The lowest BCUT2D eigenvalue weighted by Gasteiger charge is -2.22.